The Labute approximate surface area is 121 Å². The highest BCUT2D eigenvalue weighted by Crippen LogP contribution is 2.19. The summed E-state index contributed by atoms with van der Waals surface area (Å²) in [5.41, 5.74) is 1.59. The molecule has 1 aromatic heterocycles. The summed E-state index contributed by atoms with van der Waals surface area (Å²) < 4.78 is 4.76. The van der Waals surface area contributed by atoms with E-state index in [1.807, 2.05) is 36.6 Å². The molecule has 1 atom stereocenters. The Kier molecular flexibility index (Phi) is 4.53. The average Bonchev–Trinajstić information content (AvgIpc) is 2.91. The van der Waals surface area contributed by atoms with E-state index in [1.54, 1.807) is 12.1 Å². The highest BCUT2D eigenvalue weighted by atomic mass is 32.1. The number of aryl methyl sites for hydroxylation is 1. The van der Waals surface area contributed by atoms with Crippen LogP contribution in [0.2, 0.25) is 0 Å². The minimum atomic E-state index is -0.796. The van der Waals surface area contributed by atoms with E-state index in [-0.39, 0.29) is 5.91 Å². The van der Waals surface area contributed by atoms with Crippen molar-refractivity contribution in [1.82, 2.24) is 5.32 Å². The Morgan fingerprint density at radius 3 is 2.45 bits per heavy atom. The molecule has 0 radical (unpaired) electrons. The lowest BCUT2D eigenvalue weighted by atomic mass is 10.1. The standard InChI is InChI=1S/C15H15NO3S/c1-10-8-9-20-13(10)14(17)16-12(15(18)19-2)11-6-4-3-5-7-11/h3-9,12H,1-2H3,(H,16,17)/t12-/m1/s1. The third-order valence-electron chi connectivity index (χ3n) is 2.91. The Morgan fingerprint density at radius 2 is 1.90 bits per heavy atom. The maximum absolute atomic E-state index is 12.2. The zero-order chi connectivity index (χ0) is 14.5. The molecule has 0 spiro atoms. The fraction of sp³-hybridized carbons (Fsp3) is 0.200. The van der Waals surface area contributed by atoms with Crippen LogP contribution in [-0.2, 0) is 9.53 Å². The predicted molar refractivity (Wildman–Crippen MR) is 77.7 cm³/mol. The van der Waals surface area contributed by atoms with E-state index >= 15 is 0 Å². The van der Waals surface area contributed by atoms with Crippen molar-refractivity contribution in [1.29, 1.82) is 0 Å². The average molecular weight is 289 g/mol. The van der Waals surface area contributed by atoms with Crippen LogP contribution in [0.1, 0.15) is 26.8 Å². The third kappa shape index (κ3) is 3.05. The summed E-state index contributed by atoms with van der Waals surface area (Å²) in [6.45, 7) is 1.86. The van der Waals surface area contributed by atoms with Crippen LogP contribution in [0.15, 0.2) is 41.8 Å². The van der Waals surface area contributed by atoms with Gasteiger partial charge in [-0.3, -0.25) is 4.79 Å². The van der Waals surface area contributed by atoms with Crippen molar-refractivity contribution in [3.8, 4) is 0 Å². The second kappa shape index (κ2) is 6.34. The highest BCUT2D eigenvalue weighted by Gasteiger charge is 2.24. The molecule has 0 aliphatic rings. The van der Waals surface area contributed by atoms with Crippen LogP contribution >= 0.6 is 11.3 Å². The lowest BCUT2D eigenvalue weighted by Crippen LogP contribution is -2.34. The van der Waals surface area contributed by atoms with Gasteiger partial charge in [-0.25, -0.2) is 4.79 Å². The second-order valence-corrected chi connectivity index (χ2v) is 5.19. The number of nitrogens with one attached hydrogen (secondary N) is 1. The minimum absolute atomic E-state index is 0.267. The number of carbonyl (C=O) groups excluding carboxylic acids is 2. The summed E-state index contributed by atoms with van der Waals surface area (Å²) in [6, 6.07) is 10.1. The first kappa shape index (κ1) is 14.3. The number of esters is 1. The zero-order valence-electron chi connectivity index (χ0n) is 11.3. The quantitative estimate of drug-likeness (QED) is 0.880. The van der Waals surface area contributed by atoms with Crippen molar-refractivity contribution in [2.75, 3.05) is 7.11 Å². The summed E-state index contributed by atoms with van der Waals surface area (Å²) in [6.07, 6.45) is 0. The molecule has 0 saturated heterocycles. The van der Waals surface area contributed by atoms with Crippen LogP contribution in [-0.4, -0.2) is 19.0 Å². The summed E-state index contributed by atoms with van der Waals surface area (Å²) in [5.74, 6) is -0.754. The number of hydrogen-bond donors (Lipinski definition) is 1. The van der Waals surface area contributed by atoms with Crippen molar-refractivity contribution >= 4 is 23.2 Å². The molecule has 1 amide bonds. The summed E-state index contributed by atoms with van der Waals surface area (Å²) in [7, 11) is 1.31. The monoisotopic (exact) mass is 289 g/mol. The molecule has 4 nitrogen and oxygen atoms in total. The molecule has 0 saturated carbocycles. The molecule has 2 aromatic rings. The first-order valence-corrected chi connectivity index (χ1v) is 6.99. The normalized spacial score (nSPS) is 11.7. The Bertz CT molecular complexity index is 607. The largest absolute Gasteiger partial charge is 0.467 e. The smallest absolute Gasteiger partial charge is 0.333 e. The predicted octanol–water partition coefficient (Wildman–Crippen LogP) is 2.70. The first-order valence-electron chi connectivity index (χ1n) is 6.11. The van der Waals surface area contributed by atoms with Gasteiger partial charge in [-0.2, -0.15) is 0 Å². The van der Waals surface area contributed by atoms with Crippen LogP contribution in [0.5, 0.6) is 0 Å². The number of hydrogen-bond acceptors (Lipinski definition) is 4. The molecule has 0 unspecified atom stereocenters. The number of rotatable bonds is 4. The van der Waals surface area contributed by atoms with Gasteiger partial charge in [0, 0.05) is 0 Å². The van der Waals surface area contributed by atoms with Crippen LogP contribution in [0, 0.1) is 6.92 Å². The third-order valence-corrected chi connectivity index (χ3v) is 3.93. The van der Waals surface area contributed by atoms with Gasteiger partial charge in [0.2, 0.25) is 0 Å². The Balaban J connectivity index is 2.23. The van der Waals surface area contributed by atoms with Gasteiger partial charge < -0.3 is 10.1 Å². The fourth-order valence-electron chi connectivity index (χ4n) is 1.84. The maximum atomic E-state index is 12.2. The number of amides is 1. The van der Waals surface area contributed by atoms with E-state index in [4.69, 9.17) is 4.74 Å². The number of carbonyl (C=O) groups is 2. The van der Waals surface area contributed by atoms with Gasteiger partial charge in [-0.05, 0) is 29.5 Å². The zero-order valence-corrected chi connectivity index (χ0v) is 12.1. The lowest BCUT2D eigenvalue weighted by Gasteiger charge is -2.16. The first-order chi connectivity index (χ1) is 9.63. The molecule has 5 heteroatoms. The minimum Gasteiger partial charge on any atom is -0.467 e. The van der Waals surface area contributed by atoms with E-state index in [0.717, 1.165) is 5.56 Å². The van der Waals surface area contributed by atoms with E-state index in [1.165, 1.54) is 18.4 Å². The molecule has 1 aromatic carbocycles. The molecular formula is C15H15NO3S. The van der Waals surface area contributed by atoms with Gasteiger partial charge in [0.05, 0.1) is 12.0 Å². The fourth-order valence-corrected chi connectivity index (χ4v) is 2.67. The van der Waals surface area contributed by atoms with Gasteiger partial charge in [0.1, 0.15) is 0 Å². The van der Waals surface area contributed by atoms with Crippen LogP contribution in [0.3, 0.4) is 0 Å². The Hall–Kier alpha value is -2.14. The molecule has 20 heavy (non-hydrogen) atoms. The van der Waals surface area contributed by atoms with E-state index < -0.39 is 12.0 Å². The van der Waals surface area contributed by atoms with E-state index in [9.17, 15) is 9.59 Å². The van der Waals surface area contributed by atoms with Crippen LogP contribution in [0.25, 0.3) is 0 Å². The van der Waals surface area contributed by atoms with E-state index in [0.29, 0.717) is 10.4 Å². The van der Waals surface area contributed by atoms with Crippen molar-refractivity contribution in [3.05, 3.63) is 57.8 Å². The molecule has 2 rings (SSSR count). The van der Waals surface area contributed by atoms with Gasteiger partial charge >= 0.3 is 5.97 Å². The van der Waals surface area contributed by atoms with Crippen LogP contribution in [0.4, 0.5) is 0 Å². The SMILES string of the molecule is COC(=O)[C@H](NC(=O)c1sccc1C)c1ccccc1. The van der Waals surface area contributed by atoms with Crippen molar-refractivity contribution in [2.24, 2.45) is 0 Å². The molecule has 0 aliphatic heterocycles. The molecule has 1 heterocycles. The number of methoxy groups -OCH3 is 1. The topological polar surface area (TPSA) is 55.4 Å². The number of benzene rings is 1. The molecule has 0 fully saturated rings. The number of thiophene rings is 1. The summed E-state index contributed by atoms with van der Waals surface area (Å²) in [4.78, 5) is 24.7. The number of ether oxygens (including phenoxy) is 1. The van der Waals surface area contributed by atoms with E-state index in [2.05, 4.69) is 5.32 Å². The molecule has 0 bridgehead atoms. The summed E-state index contributed by atoms with van der Waals surface area (Å²) in [5, 5.41) is 4.57. The van der Waals surface area contributed by atoms with Gasteiger partial charge in [-0.1, -0.05) is 30.3 Å². The molecule has 0 aliphatic carbocycles. The molecule has 104 valence electrons. The second-order valence-electron chi connectivity index (χ2n) is 4.27. The van der Waals surface area contributed by atoms with Gasteiger partial charge in [0.15, 0.2) is 6.04 Å². The molecule has 1 N–H and O–H groups in total. The lowest BCUT2D eigenvalue weighted by molar-refractivity contribution is -0.143. The van der Waals surface area contributed by atoms with Crippen LogP contribution < -0.4 is 5.32 Å². The molecular weight excluding hydrogens is 274 g/mol. The van der Waals surface area contributed by atoms with Crippen molar-refractivity contribution in [2.45, 2.75) is 13.0 Å². The van der Waals surface area contributed by atoms with Crippen molar-refractivity contribution < 1.29 is 14.3 Å². The maximum Gasteiger partial charge on any atom is 0.333 e. The van der Waals surface area contributed by atoms with Gasteiger partial charge in [-0.15, -0.1) is 11.3 Å². The Morgan fingerprint density at radius 1 is 1.20 bits per heavy atom. The summed E-state index contributed by atoms with van der Waals surface area (Å²) >= 11 is 1.35. The van der Waals surface area contributed by atoms with Crippen molar-refractivity contribution in [3.63, 3.8) is 0 Å². The highest BCUT2D eigenvalue weighted by molar-refractivity contribution is 7.12. The van der Waals surface area contributed by atoms with Gasteiger partial charge in [0.25, 0.3) is 5.91 Å².